The second kappa shape index (κ2) is 7.88. The minimum atomic E-state index is -5.08. The molecule has 0 aromatic carbocycles. The lowest BCUT2D eigenvalue weighted by atomic mass is 10.3. The van der Waals surface area contributed by atoms with Crippen LogP contribution in [0.3, 0.4) is 0 Å². The fraction of sp³-hybridized carbons (Fsp3) is 0.500. The van der Waals surface area contributed by atoms with E-state index in [9.17, 15) is 26.3 Å². The number of rotatable bonds is 2. The van der Waals surface area contributed by atoms with Gasteiger partial charge in [0, 0.05) is 12.7 Å². The molecule has 1 aliphatic rings. The van der Waals surface area contributed by atoms with Crippen molar-refractivity contribution in [2.45, 2.75) is 24.9 Å². The summed E-state index contributed by atoms with van der Waals surface area (Å²) < 4.78 is 74.2. The molecule has 5 nitrogen and oxygen atoms in total. The van der Waals surface area contributed by atoms with Crippen LogP contribution in [0.15, 0.2) is 12.3 Å². The Kier molecular flexibility index (Phi) is 6.67. The summed E-state index contributed by atoms with van der Waals surface area (Å²) in [6.45, 7) is 1.47. The molecule has 12 heteroatoms. The molecule has 0 radical (unpaired) electrons. The van der Waals surface area contributed by atoms with Crippen molar-refractivity contribution in [1.29, 1.82) is 0 Å². The van der Waals surface area contributed by atoms with Gasteiger partial charge in [0.05, 0.1) is 5.56 Å². The number of carboxylic acid groups (broad SMARTS) is 1. The van der Waals surface area contributed by atoms with Crippen molar-refractivity contribution in [3.63, 3.8) is 0 Å². The van der Waals surface area contributed by atoms with Crippen LogP contribution >= 0.6 is 11.6 Å². The summed E-state index contributed by atoms with van der Waals surface area (Å²) in [5.74, 6) is -2.71. The number of nitrogens with one attached hydrogen (secondary N) is 1. The molecule has 2 heterocycles. The van der Waals surface area contributed by atoms with E-state index in [0.717, 1.165) is 25.2 Å². The molecule has 2 rings (SSSR count). The predicted molar refractivity (Wildman–Crippen MR) is 69.8 cm³/mol. The van der Waals surface area contributed by atoms with Crippen molar-refractivity contribution in [3.05, 3.63) is 22.8 Å². The van der Waals surface area contributed by atoms with Crippen molar-refractivity contribution in [1.82, 2.24) is 10.3 Å². The third-order valence-corrected chi connectivity index (χ3v) is 2.94. The smallest absolute Gasteiger partial charge is 0.475 e. The molecule has 0 amide bonds. The van der Waals surface area contributed by atoms with Gasteiger partial charge in [-0.2, -0.15) is 26.3 Å². The lowest BCUT2D eigenvalue weighted by molar-refractivity contribution is -0.192. The maximum Gasteiger partial charge on any atom is 0.490 e. The van der Waals surface area contributed by atoms with E-state index in [1.165, 1.54) is 0 Å². The average Bonchev–Trinajstić information content (AvgIpc) is 2.92. The minimum Gasteiger partial charge on any atom is -0.475 e. The lowest BCUT2D eigenvalue weighted by Gasteiger charge is -2.13. The molecule has 24 heavy (non-hydrogen) atoms. The predicted octanol–water partition coefficient (Wildman–Crippen LogP) is 3.13. The minimum absolute atomic E-state index is 0.0494. The molecule has 0 spiro atoms. The Balaban J connectivity index is 0.000000351. The molecule has 0 aliphatic carbocycles. The molecule has 2 N–H and O–H groups in total. The lowest BCUT2D eigenvalue weighted by Crippen LogP contribution is -2.21. The molecule has 0 saturated carbocycles. The highest BCUT2D eigenvalue weighted by atomic mass is 35.5. The molecule has 1 unspecified atom stereocenters. The first kappa shape index (κ1) is 20.3. The summed E-state index contributed by atoms with van der Waals surface area (Å²) in [7, 11) is 0. The Morgan fingerprint density at radius 3 is 2.29 bits per heavy atom. The van der Waals surface area contributed by atoms with Crippen LogP contribution in [0, 0.1) is 0 Å². The van der Waals surface area contributed by atoms with E-state index in [4.69, 9.17) is 26.2 Å². The van der Waals surface area contributed by atoms with Gasteiger partial charge < -0.3 is 15.2 Å². The zero-order chi connectivity index (χ0) is 18.5. The van der Waals surface area contributed by atoms with E-state index in [-0.39, 0.29) is 17.0 Å². The van der Waals surface area contributed by atoms with Gasteiger partial charge in [0.25, 0.3) is 0 Å². The van der Waals surface area contributed by atoms with E-state index < -0.39 is 23.9 Å². The summed E-state index contributed by atoms with van der Waals surface area (Å²) in [6, 6.07) is 0.826. The molecule has 1 aromatic rings. The maximum absolute atomic E-state index is 12.4. The first-order valence-corrected chi connectivity index (χ1v) is 6.69. The summed E-state index contributed by atoms with van der Waals surface area (Å²) >= 11 is 5.71. The van der Waals surface area contributed by atoms with Crippen molar-refractivity contribution >= 4 is 17.6 Å². The van der Waals surface area contributed by atoms with E-state index in [2.05, 4.69) is 10.3 Å². The quantitative estimate of drug-likeness (QED) is 0.771. The molecule has 0 bridgehead atoms. The first-order valence-electron chi connectivity index (χ1n) is 6.31. The first-order chi connectivity index (χ1) is 10.9. The monoisotopic (exact) mass is 380 g/mol. The molecule has 136 valence electrons. The number of pyridine rings is 1. The Labute approximate surface area is 136 Å². The van der Waals surface area contributed by atoms with Gasteiger partial charge >= 0.3 is 18.3 Å². The third-order valence-electron chi connectivity index (χ3n) is 2.67. The standard InChI is InChI=1S/C10H10ClF3N2O.C2HF3O2/c11-8-3-6(10(12,13)14)4-16-9(8)17-7-1-2-15-5-7;3-2(4,5)1(6)7/h3-4,7,15H,1-2,5H2;(H,6,7). The van der Waals surface area contributed by atoms with Gasteiger partial charge in [-0.3, -0.25) is 0 Å². The van der Waals surface area contributed by atoms with E-state index in [0.29, 0.717) is 6.54 Å². The van der Waals surface area contributed by atoms with Crippen LogP contribution in [0.1, 0.15) is 12.0 Å². The molecule has 1 fully saturated rings. The summed E-state index contributed by atoms with van der Waals surface area (Å²) in [5.41, 5.74) is -0.876. The molecular weight excluding hydrogens is 370 g/mol. The number of halogens is 7. The van der Waals surface area contributed by atoms with Gasteiger partial charge in [-0.05, 0) is 19.0 Å². The van der Waals surface area contributed by atoms with E-state index in [1.54, 1.807) is 0 Å². The summed E-state index contributed by atoms with van der Waals surface area (Å²) in [6.07, 6.45) is -8.09. The topological polar surface area (TPSA) is 71.5 Å². The number of hydrogen-bond donors (Lipinski definition) is 2. The summed E-state index contributed by atoms with van der Waals surface area (Å²) in [5, 5.41) is 10.1. The van der Waals surface area contributed by atoms with Crippen LogP contribution in [-0.4, -0.2) is 41.4 Å². The normalized spacial score (nSPS) is 17.9. The molecule has 1 aliphatic heterocycles. The highest BCUT2D eigenvalue weighted by Crippen LogP contribution is 2.33. The maximum atomic E-state index is 12.4. The molecule has 1 saturated heterocycles. The number of aliphatic carboxylic acids is 1. The number of hydrogen-bond acceptors (Lipinski definition) is 4. The van der Waals surface area contributed by atoms with Crippen LogP contribution < -0.4 is 10.1 Å². The number of ether oxygens (including phenoxy) is 1. The molecular formula is C12H11ClF6N2O3. The molecule has 1 aromatic heterocycles. The number of aromatic nitrogens is 1. The van der Waals surface area contributed by atoms with Crippen LogP contribution in [0.5, 0.6) is 5.88 Å². The fourth-order valence-electron chi connectivity index (χ4n) is 1.55. The van der Waals surface area contributed by atoms with Crippen molar-refractivity contribution < 1.29 is 41.0 Å². The van der Waals surface area contributed by atoms with E-state index in [1.807, 2.05) is 0 Å². The van der Waals surface area contributed by atoms with Gasteiger partial charge in [0.15, 0.2) is 0 Å². The largest absolute Gasteiger partial charge is 0.490 e. The number of nitrogens with zero attached hydrogens (tertiary/aromatic N) is 1. The second-order valence-corrected chi connectivity index (χ2v) is 4.95. The van der Waals surface area contributed by atoms with Crippen LogP contribution in [0.4, 0.5) is 26.3 Å². The van der Waals surface area contributed by atoms with Gasteiger partial charge in [0.2, 0.25) is 5.88 Å². The number of carboxylic acids is 1. The summed E-state index contributed by atoms with van der Waals surface area (Å²) in [4.78, 5) is 12.5. The van der Waals surface area contributed by atoms with Gasteiger partial charge in [-0.15, -0.1) is 0 Å². The van der Waals surface area contributed by atoms with Gasteiger partial charge in [-0.25, -0.2) is 9.78 Å². The van der Waals surface area contributed by atoms with Crippen molar-refractivity contribution in [2.24, 2.45) is 0 Å². The second-order valence-electron chi connectivity index (χ2n) is 4.54. The van der Waals surface area contributed by atoms with Gasteiger partial charge in [-0.1, -0.05) is 11.6 Å². The molecule has 1 atom stereocenters. The Hall–Kier alpha value is -1.75. The van der Waals surface area contributed by atoms with Crippen LogP contribution in [0.2, 0.25) is 5.02 Å². The Morgan fingerprint density at radius 1 is 1.33 bits per heavy atom. The zero-order valence-corrected chi connectivity index (χ0v) is 12.5. The number of carbonyl (C=O) groups is 1. The van der Waals surface area contributed by atoms with Crippen molar-refractivity contribution in [2.75, 3.05) is 13.1 Å². The highest BCUT2D eigenvalue weighted by molar-refractivity contribution is 6.31. The fourth-order valence-corrected chi connectivity index (χ4v) is 1.76. The van der Waals surface area contributed by atoms with Crippen LogP contribution in [-0.2, 0) is 11.0 Å². The third kappa shape index (κ3) is 6.40. The Bertz CT molecular complexity index is 573. The zero-order valence-electron chi connectivity index (χ0n) is 11.7. The van der Waals surface area contributed by atoms with Crippen molar-refractivity contribution in [3.8, 4) is 5.88 Å². The average molecular weight is 381 g/mol. The number of alkyl halides is 6. The van der Waals surface area contributed by atoms with Gasteiger partial charge in [0.1, 0.15) is 11.1 Å². The van der Waals surface area contributed by atoms with Crippen LogP contribution in [0.25, 0.3) is 0 Å². The SMILES string of the molecule is FC(F)(F)c1cnc(OC2CCNC2)c(Cl)c1.O=C(O)C(F)(F)F. The van der Waals surface area contributed by atoms with E-state index >= 15 is 0 Å². The highest BCUT2D eigenvalue weighted by Gasteiger charge is 2.38. The Morgan fingerprint density at radius 2 is 1.92 bits per heavy atom.